The molecule has 0 aliphatic heterocycles. The molecule has 1 fully saturated rings. The van der Waals surface area contributed by atoms with Crippen LogP contribution in [0, 0.1) is 10.8 Å². The predicted molar refractivity (Wildman–Crippen MR) is 71.8 cm³/mol. The van der Waals surface area contributed by atoms with Gasteiger partial charge < -0.3 is 5.11 Å². The lowest BCUT2D eigenvalue weighted by Crippen LogP contribution is -2.46. The molecule has 4 heteroatoms. The Bertz CT molecular complexity index is 445. The summed E-state index contributed by atoms with van der Waals surface area (Å²) in [5, 5.41) is 8.70. The topological polar surface area (TPSA) is 71.4 Å². The standard InChI is InChI=1S/C15H22O4/c1-10(7-12(17)18)5-6-15(4)9-11(16)8-14(2,3)13(15)19/h5H,6-9H2,1-4H3,(H,17,18)/b10-5+. The van der Waals surface area contributed by atoms with E-state index in [4.69, 9.17) is 5.11 Å². The molecule has 0 amide bonds. The number of carboxylic acid groups (broad SMARTS) is 1. The van der Waals surface area contributed by atoms with Crippen LogP contribution in [0.25, 0.3) is 0 Å². The van der Waals surface area contributed by atoms with Crippen LogP contribution in [0.2, 0.25) is 0 Å². The molecule has 1 aliphatic rings. The molecule has 1 unspecified atom stereocenters. The molecule has 106 valence electrons. The number of rotatable bonds is 4. The quantitative estimate of drug-likeness (QED) is 0.794. The fourth-order valence-electron chi connectivity index (χ4n) is 2.84. The van der Waals surface area contributed by atoms with Gasteiger partial charge in [0.05, 0.1) is 6.42 Å². The molecule has 1 atom stereocenters. The molecule has 0 aromatic carbocycles. The van der Waals surface area contributed by atoms with E-state index in [1.165, 1.54) is 0 Å². The number of hydrogen-bond donors (Lipinski definition) is 1. The third kappa shape index (κ3) is 3.75. The smallest absolute Gasteiger partial charge is 0.307 e. The monoisotopic (exact) mass is 266 g/mol. The van der Waals surface area contributed by atoms with E-state index in [0.717, 1.165) is 5.57 Å². The van der Waals surface area contributed by atoms with E-state index in [1.54, 1.807) is 33.8 Å². The van der Waals surface area contributed by atoms with Crippen molar-refractivity contribution in [2.24, 2.45) is 10.8 Å². The number of hydrogen-bond acceptors (Lipinski definition) is 3. The summed E-state index contributed by atoms with van der Waals surface area (Å²) in [4.78, 5) is 34.8. The maximum absolute atomic E-state index is 12.5. The van der Waals surface area contributed by atoms with Crippen LogP contribution >= 0.6 is 0 Å². The van der Waals surface area contributed by atoms with Crippen molar-refractivity contribution in [2.45, 2.75) is 53.4 Å². The van der Waals surface area contributed by atoms with Crippen molar-refractivity contribution in [3.8, 4) is 0 Å². The Morgan fingerprint density at radius 1 is 1.26 bits per heavy atom. The van der Waals surface area contributed by atoms with Gasteiger partial charge in [-0.1, -0.05) is 32.4 Å². The van der Waals surface area contributed by atoms with Gasteiger partial charge in [-0.25, -0.2) is 0 Å². The summed E-state index contributed by atoms with van der Waals surface area (Å²) < 4.78 is 0. The van der Waals surface area contributed by atoms with Gasteiger partial charge in [0.1, 0.15) is 11.6 Å². The normalized spacial score (nSPS) is 27.5. The van der Waals surface area contributed by atoms with E-state index >= 15 is 0 Å². The van der Waals surface area contributed by atoms with Gasteiger partial charge in [0.15, 0.2) is 0 Å². The Kier molecular flexibility index (Phi) is 4.33. The number of allylic oxidation sites excluding steroid dienone is 1. The second kappa shape index (κ2) is 5.27. The summed E-state index contributed by atoms with van der Waals surface area (Å²) in [6.45, 7) is 7.15. The highest BCUT2D eigenvalue weighted by Crippen LogP contribution is 2.43. The third-order valence-corrected chi connectivity index (χ3v) is 3.72. The first kappa shape index (κ1) is 15.6. The van der Waals surface area contributed by atoms with Crippen LogP contribution in [0.5, 0.6) is 0 Å². The second-order valence-electron chi connectivity index (χ2n) is 6.49. The van der Waals surface area contributed by atoms with E-state index in [1.807, 2.05) is 0 Å². The van der Waals surface area contributed by atoms with E-state index in [9.17, 15) is 14.4 Å². The number of ketones is 2. The van der Waals surface area contributed by atoms with Gasteiger partial charge in [-0.2, -0.15) is 0 Å². The van der Waals surface area contributed by atoms with Gasteiger partial charge in [0, 0.05) is 23.7 Å². The summed E-state index contributed by atoms with van der Waals surface area (Å²) in [5.74, 6) is -0.680. The third-order valence-electron chi connectivity index (χ3n) is 3.72. The molecule has 0 radical (unpaired) electrons. The fraction of sp³-hybridized carbons (Fsp3) is 0.667. The van der Waals surface area contributed by atoms with Crippen LogP contribution in [0.4, 0.5) is 0 Å². The van der Waals surface area contributed by atoms with Crippen molar-refractivity contribution >= 4 is 17.5 Å². The maximum Gasteiger partial charge on any atom is 0.307 e. The molecular formula is C15H22O4. The van der Waals surface area contributed by atoms with Crippen LogP contribution in [-0.2, 0) is 14.4 Å². The summed E-state index contributed by atoms with van der Waals surface area (Å²) >= 11 is 0. The van der Waals surface area contributed by atoms with Gasteiger partial charge >= 0.3 is 5.97 Å². The molecule has 0 aromatic rings. The highest BCUT2D eigenvalue weighted by Gasteiger charge is 2.48. The van der Waals surface area contributed by atoms with Crippen molar-refractivity contribution in [1.29, 1.82) is 0 Å². The Balaban J connectivity index is 2.88. The summed E-state index contributed by atoms with van der Waals surface area (Å²) in [7, 11) is 0. The lowest BCUT2D eigenvalue weighted by atomic mass is 9.61. The minimum Gasteiger partial charge on any atom is -0.481 e. The van der Waals surface area contributed by atoms with Crippen molar-refractivity contribution in [3.63, 3.8) is 0 Å². The van der Waals surface area contributed by atoms with Crippen LogP contribution in [-0.4, -0.2) is 22.6 Å². The zero-order chi connectivity index (χ0) is 14.8. The lowest BCUT2D eigenvalue weighted by molar-refractivity contribution is -0.147. The molecule has 0 bridgehead atoms. The molecule has 1 N–H and O–H groups in total. The minimum atomic E-state index is -0.884. The predicted octanol–water partition coefficient (Wildman–Crippen LogP) is 2.76. The number of carbonyl (C=O) groups is 3. The van der Waals surface area contributed by atoms with Crippen molar-refractivity contribution in [3.05, 3.63) is 11.6 Å². The molecule has 0 spiro atoms. The van der Waals surface area contributed by atoms with Gasteiger partial charge in [-0.3, -0.25) is 14.4 Å². The van der Waals surface area contributed by atoms with Gasteiger partial charge in [-0.05, 0) is 13.3 Å². The Morgan fingerprint density at radius 3 is 2.37 bits per heavy atom. The molecular weight excluding hydrogens is 244 g/mol. The summed E-state index contributed by atoms with van der Waals surface area (Å²) in [5.41, 5.74) is -0.589. The molecule has 1 aliphatic carbocycles. The fourth-order valence-corrected chi connectivity index (χ4v) is 2.84. The number of carboxylic acids is 1. The zero-order valence-corrected chi connectivity index (χ0v) is 12.1. The summed E-state index contributed by atoms with van der Waals surface area (Å²) in [6.07, 6.45) is 2.74. The van der Waals surface area contributed by atoms with Gasteiger partial charge in [0.2, 0.25) is 0 Å². The van der Waals surface area contributed by atoms with E-state index in [2.05, 4.69) is 0 Å². The molecule has 0 heterocycles. The van der Waals surface area contributed by atoms with E-state index in [-0.39, 0.29) is 24.4 Å². The average Bonchev–Trinajstić information content (AvgIpc) is 2.22. The molecule has 4 nitrogen and oxygen atoms in total. The van der Waals surface area contributed by atoms with Gasteiger partial charge in [-0.15, -0.1) is 0 Å². The number of Topliss-reactive ketones (excluding diaryl/α,β-unsaturated/α-hetero) is 2. The summed E-state index contributed by atoms with van der Waals surface area (Å²) in [6, 6.07) is 0. The first-order chi connectivity index (χ1) is 8.57. The van der Waals surface area contributed by atoms with Crippen LogP contribution in [0.15, 0.2) is 11.6 Å². The molecule has 1 rings (SSSR count). The Labute approximate surface area is 113 Å². The van der Waals surface area contributed by atoms with Crippen molar-refractivity contribution in [1.82, 2.24) is 0 Å². The highest BCUT2D eigenvalue weighted by molar-refractivity contribution is 6.00. The number of aliphatic carboxylic acids is 1. The lowest BCUT2D eigenvalue weighted by Gasteiger charge is -2.39. The minimum absolute atomic E-state index is 0.0262. The largest absolute Gasteiger partial charge is 0.481 e. The van der Waals surface area contributed by atoms with Crippen LogP contribution in [0.1, 0.15) is 53.4 Å². The maximum atomic E-state index is 12.5. The van der Waals surface area contributed by atoms with Gasteiger partial charge in [0.25, 0.3) is 0 Å². The van der Waals surface area contributed by atoms with Crippen LogP contribution < -0.4 is 0 Å². The molecule has 1 saturated carbocycles. The van der Waals surface area contributed by atoms with E-state index < -0.39 is 16.8 Å². The van der Waals surface area contributed by atoms with Crippen LogP contribution in [0.3, 0.4) is 0 Å². The SMILES string of the molecule is C/C(=C\CC1(C)CC(=O)CC(C)(C)C1=O)CC(=O)O. The molecule has 19 heavy (non-hydrogen) atoms. The second-order valence-corrected chi connectivity index (χ2v) is 6.49. The number of carbonyl (C=O) groups excluding carboxylic acids is 2. The zero-order valence-electron chi connectivity index (χ0n) is 12.1. The molecule has 0 saturated heterocycles. The Morgan fingerprint density at radius 2 is 1.84 bits per heavy atom. The van der Waals surface area contributed by atoms with E-state index in [0.29, 0.717) is 12.8 Å². The Hall–Kier alpha value is -1.45. The van der Waals surface area contributed by atoms with Crippen molar-refractivity contribution in [2.75, 3.05) is 0 Å². The first-order valence-electron chi connectivity index (χ1n) is 6.51. The highest BCUT2D eigenvalue weighted by atomic mass is 16.4. The average molecular weight is 266 g/mol. The molecule has 0 aromatic heterocycles. The van der Waals surface area contributed by atoms with Crippen molar-refractivity contribution < 1.29 is 19.5 Å². The first-order valence-corrected chi connectivity index (χ1v) is 6.51.